The highest BCUT2D eigenvalue weighted by Crippen LogP contribution is 2.44. The smallest absolute Gasteiger partial charge is 0.317 e. The number of nitrogens with one attached hydrogen (secondary N) is 2. The number of carbonyl (C=O) groups excluding carboxylic acids is 2. The monoisotopic (exact) mass is 436 g/mol. The van der Waals surface area contributed by atoms with Gasteiger partial charge in [-0.1, -0.05) is 30.3 Å². The minimum atomic E-state index is -0.477. The van der Waals surface area contributed by atoms with Gasteiger partial charge in [0.1, 0.15) is 5.75 Å². The van der Waals surface area contributed by atoms with Crippen molar-refractivity contribution >= 4 is 17.6 Å². The van der Waals surface area contributed by atoms with Gasteiger partial charge in [0.25, 0.3) is 0 Å². The summed E-state index contributed by atoms with van der Waals surface area (Å²) >= 11 is 0. The molecule has 0 aromatic heterocycles. The fourth-order valence-corrected chi connectivity index (χ4v) is 5.02. The second kappa shape index (κ2) is 9.61. The Labute approximate surface area is 189 Å². The Morgan fingerprint density at radius 1 is 1.03 bits per heavy atom. The van der Waals surface area contributed by atoms with Gasteiger partial charge in [0.05, 0.1) is 12.5 Å². The molecule has 0 bridgehead atoms. The third-order valence-electron chi connectivity index (χ3n) is 6.95. The number of urea groups is 1. The number of likely N-dealkylation sites (tertiary alicyclic amines) is 2. The first-order valence-electron chi connectivity index (χ1n) is 11.2. The lowest BCUT2D eigenvalue weighted by molar-refractivity contribution is -0.127. The van der Waals surface area contributed by atoms with E-state index in [2.05, 4.69) is 22.6 Å². The van der Waals surface area contributed by atoms with Gasteiger partial charge >= 0.3 is 6.03 Å². The fourth-order valence-electron chi connectivity index (χ4n) is 5.02. The molecule has 32 heavy (non-hydrogen) atoms. The summed E-state index contributed by atoms with van der Waals surface area (Å²) < 4.78 is 5.18. The molecule has 2 atom stereocenters. The van der Waals surface area contributed by atoms with Crippen molar-refractivity contribution in [3.8, 4) is 5.75 Å². The molecule has 2 fully saturated rings. The Balaban J connectivity index is 1.41. The van der Waals surface area contributed by atoms with Crippen LogP contribution in [0.25, 0.3) is 0 Å². The Morgan fingerprint density at radius 3 is 2.47 bits per heavy atom. The van der Waals surface area contributed by atoms with Crippen molar-refractivity contribution in [1.29, 1.82) is 0 Å². The lowest BCUT2D eigenvalue weighted by atomic mass is 9.75. The zero-order chi connectivity index (χ0) is 22.6. The van der Waals surface area contributed by atoms with Gasteiger partial charge in [-0.05, 0) is 62.7 Å². The second-order valence-corrected chi connectivity index (χ2v) is 8.76. The molecule has 0 aliphatic carbocycles. The van der Waals surface area contributed by atoms with Gasteiger partial charge in [0.15, 0.2) is 0 Å². The topological polar surface area (TPSA) is 73.9 Å². The summed E-state index contributed by atoms with van der Waals surface area (Å²) in [5.41, 5.74) is 1.36. The number of nitrogens with zero attached hydrogens (tertiary/aromatic N) is 2. The summed E-state index contributed by atoms with van der Waals surface area (Å²) in [6.07, 6.45) is 2.26. The van der Waals surface area contributed by atoms with Gasteiger partial charge in [0, 0.05) is 31.4 Å². The third kappa shape index (κ3) is 4.58. The van der Waals surface area contributed by atoms with Crippen LogP contribution >= 0.6 is 0 Å². The number of para-hydroxylation sites is 1. The molecule has 2 aliphatic rings. The average molecular weight is 437 g/mol. The molecule has 170 valence electrons. The van der Waals surface area contributed by atoms with E-state index in [1.165, 1.54) is 0 Å². The molecule has 2 N–H and O–H groups in total. The van der Waals surface area contributed by atoms with Crippen LogP contribution in [0.3, 0.4) is 0 Å². The van der Waals surface area contributed by atoms with Crippen LogP contribution in [-0.4, -0.2) is 61.6 Å². The van der Waals surface area contributed by atoms with Gasteiger partial charge in [-0.2, -0.15) is 0 Å². The SMILES string of the molecule is COc1ccc(CNC(=O)N2CC[C@H]3N(C)CC[C@@]3(C(=O)Nc3ccccc3)CC2)cc1. The molecule has 2 aromatic carbocycles. The van der Waals surface area contributed by atoms with Crippen molar-refractivity contribution in [1.82, 2.24) is 15.1 Å². The van der Waals surface area contributed by atoms with Crippen molar-refractivity contribution in [3.05, 3.63) is 60.2 Å². The highest BCUT2D eigenvalue weighted by molar-refractivity contribution is 5.96. The molecule has 0 radical (unpaired) electrons. The quantitative estimate of drug-likeness (QED) is 0.754. The van der Waals surface area contributed by atoms with Crippen molar-refractivity contribution in [3.63, 3.8) is 0 Å². The van der Waals surface area contributed by atoms with Crippen LogP contribution in [0.2, 0.25) is 0 Å². The van der Waals surface area contributed by atoms with Crippen molar-refractivity contribution in [2.45, 2.75) is 31.8 Å². The molecular weight excluding hydrogens is 404 g/mol. The normalized spacial score (nSPS) is 23.2. The van der Waals surface area contributed by atoms with Gasteiger partial charge in [0.2, 0.25) is 5.91 Å². The highest BCUT2D eigenvalue weighted by atomic mass is 16.5. The van der Waals surface area contributed by atoms with Crippen LogP contribution in [0.4, 0.5) is 10.5 Å². The number of carbonyl (C=O) groups is 2. The first kappa shape index (κ1) is 22.1. The standard InChI is InChI=1S/C25H32N4O3/c1-28-16-13-25(23(30)27-20-6-4-3-5-7-20)14-17-29(15-12-22(25)28)24(31)26-18-19-8-10-21(32-2)11-9-19/h3-11,22H,12-18H2,1-2H3,(H,26,31)(H,27,30)/t22-,25-/m1/s1. The summed E-state index contributed by atoms with van der Waals surface area (Å²) in [7, 11) is 3.72. The van der Waals surface area contributed by atoms with Crippen molar-refractivity contribution in [2.75, 3.05) is 39.1 Å². The molecule has 2 saturated heterocycles. The summed E-state index contributed by atoms with van der Waals surface area (Å²) in [5, 5.41) is 6.15. The number of hydrogen-bond acceptors (Lipinski definition) is 4. The van der Waals surface area contributed by atoms with E-state index in [4.69, 9.17) is 4.74 Å². The molecule has 0 unspecified atom stereocenters. The number of fused-ring (bicyclic) bond motifs is 1. The molecule has 2 aromatic rings. The van der Waals surface area contributed by atoms with Gasteiger partial charge < -0.3 is 25.2 Å². The predicted octanol–water partition coefficient (Wildman–Crippen LogP) is 3.33. The average Bonchev–Trinajstić information content (AvgIpc) is 3.02. The van der Waals surface area contributed by atoms with Crippen LogP contribution in [0.5, 0.6) is 5.75 Å². The van der Waals surface area contributed by atoms with Crippen molar-refractivity contribution in [2.24, 2.45) is 5.41 Å². The number of hydrogen-bond donors (Lipinski definition) is 2. The predicted molar refractivity (Wildman–Crippen MR) is 125 cm³/mol. The number of anilines is 1. The summed E-state index contributed by atoms with van der Waals surface area (Å²) in [5.74, 6) is 0.862. The number of amides is 3. The zero-order valence-electron chi connectivity index (χ0n) is 18.8. The number of methoxy groups -OCH3 is 1. The Morgan fingerprint density at radius 2 is 1.75 bits per heavy atom. The maximum Gasteiger partial charge on any atom is 0.317 e. The highest BCUT2D eigenvalue weighted by Gasteiger charge is 2.52. The van der Waals surface area contributed by atoms with Crippen LogP contribution in [0, 0.1) is 5.41 Å². The molecule has 0 saturated carbocycles. The van der Waals surface area contributed by atoms with E-state index < -0.39 is 5.41 Å². The molecule has 7 heteroatoms. The number of benzene rings is 2. The molecule has 2 heterocycles. The second-order valence-electron chi connectivity index (χ2n) is 8.76. The van der Waals surface area contributed by atoms with E-state index in [1.54, 1.807) is 7.11 Å². The fraction of sp³-hybridized carbons (Fsp3) is 0.440. The lowest BCUT2D eigenvalue weighted by Gasteiger charge is -2.34. The molecule has 2 aliphatic heterocycles. The van der Waals surface area contributed by atoms with E-state index in [-0.39, 0.29) is 18.0 Å². The maximum atomic E-state index is 13.4. The van der Waals surface area contributed by atoms with E-state index >= 15 is 0 Å². The molecule has 0 spiro atoms. The van der Waals surface area contributed by atoms with Gasteiger partial charge in [-0.15, -0.1) is 0 Å². The van der Waals surface area contributed by atoms with Crippen LogP contribution in [0.15, 0.2) is 54.6 Å². The van der Waals surface area contributed by atoms with E-state index in [0.29, 0.717) is 26.1 Å². The summed E-state index contributed by atoms with van der Waals surface area (Å²) in [4.78, 5) is 30.5. The first-order chi connectivity index (χ1) is 15.5. The molecule has 4 rings (SSSR count). The Hall–Kier alpha value is -3.06. The third-order valence-corrected chi connectivity index (χ3v) is 6.95. The van der Waals surface area contributed by atoms with E-state index in [1.807, 2.05) is 59.5 Å². The van der Waals surface area contributed by atoms with Crippen molar-refractivity contribution < 1.29 is 14.3 Å². The summed E-state index contributed by atoms with van der Waals surface area (Å²) in [6, 6.07) is 17.3. The van der Waals surface area contributed by atoms with Crippen LogP contribution < -0.4 is 15.4 Å². The first-order valence-corrected chi connectivity index (χ1v) is 11.2. The Bertz CT molecular complexity index is 934. The largest absolute Gasteiger partial charge is 0.497 e. The van der Waals surface area contributed by atoms with E-state index in [0.717, 1.165) is 36.4 Å². The Kier molecular flexibility index (Phi) is 6.65. The number of ether oxygens (including phenoxy) is 1. The minimum Gasteiger partial charge on any atom is -0.497 e. The van der Waals surface area contributed by atoms with E-state index in [9.17, 15) is 9.59 Å². The number of rotatable bonds is 5. The van der Waals surface area contributed by atoms with Gasteiger partial charge in [-0.3, -0.25) is 4.79 Å². The minimum absolute atomic E-state index is 0.0681. The lowest BCUT2D eigenvalue weighted by Crippen LogP contribution is -2.46. The van der Waals surface area contributed by atoms with Crippen LogP contribution in [-0.2, 0) is 11.3 Å². The van der Waals surface area contributed by atoms with Crippen LogP contribution in [0.1, 0.15) is 24.8 Å². The molecular formula is C25H32N4O3. The zero-order valence-corrected chi connectivity index (χ0v) is 18.8. The molecule has 3 amide bonds. The van der Waals surface area contributed by atoms with Gasteiger partial charge in [-0.25, -0.2) is 4.79 Å². The summed E-state index contributed by atoms with van der Waals surface area (Å²) in [6.45, 7) is 2.57. The molecule has 7 nitrogen and oxygen atoms in total. The maximum absolute atomic E-state index is 13.4.